The summed E-state index contributed by atoms with van der Waals surface area (Å²) < 4.78 is 2.01. The zero-order valence-electron chi connectivity index (χ0n) is 14.1. The molecule has 0 N–H and O–H groups in total. The number of rotatable bonds is 5. The summed E-state index contributed by atoms with van der Waals surface area (Å²) in [7, 11) is 1.85. The number of amides is 1. The van der Waals surface area contributed by atoms with Gasteiger partial charge in [0.25, 0.3) is 0 Å². The van der Waals surface area contributed by atoms with Crippen molar-refractivity contribution in [3.05, 3.63) is 47.5 Å². The molecule has 0 bridgehead atoms. The molecule has 5 nitrogen and oxygen atoms in total. The van der Waals surface area contributed by atoms with Crippen molar-refractivity contribution < 1.29 is 4.79 Å². The second-order valence-electron chi connectivity index (χ2n) is 6.64. The van der Waals surface area contributed by atoms with Crippen LogP contribution in [0.3, 0.4) is 0 Å². The summed E-state index contributed by atoms with van der Waals surface area (Å²) in [5.74, 6) is 1.36. The van der Waals surface area contributed by atoms with Gasteiger partial charge in [-0.1, -0.05) is 24.3 Å². The number of carbonyl (C=O) groups excluding carboxylic acids is 1. The summed E-state index contributed by atoms with van der Waals surface area (Å²) in [6.07, 6.45) is 4.45. The van der Waals surface area contributed by atoms with Gasteiger partial charge in [-0.15, -0.1) is 10.2 Å². The third kappa shape index (κ3) is 3.28. The standard InChI is InChI=1S/C18H24N4O/c1-13(2)22-12-19-20-17(22)11-21(3)18(23)10-15-9-8-14-6-4-5-7-16(14)15/h4-7,12-13,15H,8-11H2,1-3H3. The van der Waals surface area contributed by atoms with E-state index in [1.165, 1.54) is 11.1 Å². The van der Waals surface area contributed by atoms with E-state index in [1.54, 1.807) is 11.2 Å². The van der Waals surface area contributed by atoms with Crippen LogP contribution in [0.5, 0.6) is 0 Å². The molecule has 0 fully saturated rings. The number of carbonyl (C=O) groups is 1. The monoisotopic (exact) mass is 312 g/mol. The lowest BCUT2D eigenvalue weighted by Gasteiger charge is -2.20. The van der Waals surface area contributed by atoms with Crippen LogP contribution in [-0.4, -0.2) is 32.6 Å². The number of hydrogen-bond donors (Lipinski definition) is 0. The van der Waals surface area contributed by atoms with E-state index in [0.717, 1.165) is 18.7 Å². The van der Waals surface area contributed by atoms with Crippen molar-refractivity contribution in [2.45, 2.75) is 51.6 Å². The van der Waals surface area contributed by atoms with Crippen molar-refractivity contribution >= 4 is 5.91 Å². The minimum atomic E-state index is 0.171. The second-order valence-corrected chi connectivity index (χ2v) is 6.64. The first-order chi connectivity index (χ1) is 11.1. The lowest BCUT2D eigenvalue weighted by Crippen LogP contribution is -2.29. The van der Waals surface area contributed by atoms with Gasteiger partial charge in [0.15, 0.2) is 5.82 Å². The fourth-order valence-corrected chi connectivity index (χ4v) is 3.34. The zero-order chi connectivity index (χ0) is 16.4. The van der Waals surface area contributed by atoms with Crippen LogP contribution in [0.15, 0.2) is 30.6 Å². The molecule has 0 radical (unpaired) electrons. The Bertz CT molecular complexity index is 692. The van der Waals surface area contributed by atoms with E-state index in [1.807, 2.05) is 11.6 Å². The Morgan fingerprint density at radius 3 is 2.96 bits per heavy atom. The maximum absolute atomic E-state index is 12.6. The highest BCUT2D eigenvalue weighted by atomic mass is 16.2. The van der Waals surface area contributed by atoms with Crippen LogP contribution in [0.2, 0.25) is 0 Å². The van der Waals surface area contributed by atoms with Crippen LogP contribution in [0.4, 0.5) is 0 Å². The predicted molar refractivity (Wildman–Crippen MR) is 89.0 cm³/mol. The minimum absolute atomic E-state index is 0.171. The lowest BCUT2D eigenvalue weighted by atomic mass is 9.97. The van der Waals surface area contributed by atoms with E-state index < -0.39 is 0 Å². The molecule has 0 saturated carbocycles. The average Bonchev–Trinajstić information content (AvgIpc) is 3.14. The summed E-state index contributed by atoms with van der Waals surface area (Å²) in [5, 5.41) is 8.11. The van der Waals surface area contributed by atoms with Crippen molar-refractivity contribution in [1.29, 1.82) is 0 Å². The SMILES string of the molecule is CC(C)n1cnnc1CN(C)C(=O)CC1CCc2ccccc21. The molecule has 122 valence electrons. The Labute approximate surface area is 137 Å². The first-order valence-corrected chi connectivity index (χ1v) is 8.26. The van der Waals surface area contributed by atoms with Crippen LogP contribution in [-0.2, 0) is 17.8 Å². The molecular formula is C18H24N4O. The Morgan fingerprint density at radius 1 is 1.39 bits per heavy atom. The fourth-order valence-electron chi connectivity index (χ4n) is 3.34. The Morgan fingerprint density at radius 2 is 2.17 bits per heavy atom. The average molecular weight is 312 g/mol. The first-order valence-electron chi connectivity index (χ1n) is 8.26. The molecular weight excluding hydrogens is 288 g/mol. The third-order valence-electron chi connectivity index (χ3n) is 4.69. The topological polar surface area (TPSA) is 51.0 Å². The number of aromatic nitrogens is 3. The normalized spacial score (nSPS) is 16.6. The van der Waals surface area contributed by atoms with Gasteiger partial charge < -0.3 is 9.47 Å². The Hall–Kier alpha value is -2.17. The van der Waals surface area contributed by atoms with Crippen molar-refractivity contribution in [1.82, 2.24) is 19.7 Å². The van der Waals surface area contributed by atoms with Gasteiger partial charge in [0.1, 0.15) is 6.33 Å². The highest BCUT2D eigenvalue weighted by Crippen LogP contribution is 2.35. The molecule has 1 aromatic heterocycles. The number of fused-ring (bicyclic) bond motifs is 1. The molecule has 0 spiro atoms. The molecule has 1 unspecified atom stereocenters. The number of aryl methyl sites for hydroxylation is 1. The van der Waals surface area contributed by atoms with Crippen LogP contribution in [0.25, 0.3) is 0 Å². The predicted octanol–water partition coefficient (Wildman–Crippen LogP) is 2.94. The van der Waals surface area contributed by atoms with Gasteiger partial charge in [0.2, 0.25) is 5.91 Å². The van der Waals surface area contributed by atoms with E-state index in [4.69, 9.17) is 0 Å². The molecule has 1 amide bonds. The number of hydrogen-bond acceptors (Lipinski definition) is 3. The molecule has 23 heavy (non-hydrogen) atoms. The third-order valence-corrected chi connectivity index (χ3v) is 4.69. The molecule has 1 heterocycles. The molecule has 1 aliphatic carbocycles. The first kappa shape index (κ1) is 15.7. The Balaban J connectivity index is 1.64. The van der Waals surface area contributed by atoms with Gasteiger partial charge in [-0.3, -0.25) is 4.79 Å². The zero-order valence-corrected chi connectivity index (χ0v) is 14.1. The summed E-state index contributed by atoms with van der Waals surface area (Å²) >= 11 is 0. The molecule has 3 rings (SSSR count). The number of nitrogens with zero attached hydrogens (tertiary/aromatic N) is 4. The van der Waals surface area contributed by atoms with Crippen LogP contribution in [0, 0.1) is 0 Å². The highest BCUT2D eigenvalue weighted by Gasteiger charge is 2.26. The smallest absolute Gasteiger partial charge is 0.223 e. The highest BCUT2D eigenvalue weighted by molar-refractivity contribution is 5.77. The van der Waals surface area contributed by atoms with E-state index in [0.29, 0.717) is 24.9 Å². The van der Waals surface area contributed by atoms with Gasteiger partial charge >= 0.3 is 0 Å². The minimum Gasteiger partial charge on any atom is -0.338 e. The number of benzene rings is 1. The van der Waals surface area contributed by atoms with Gasteiger partial charge in [-0.25, -0.2) is 0 Å². The van der Waals surface area contributed by atoms with Crippen molar-refractivity contribution in [3.8, 4) is 0 Å². The molecule has 1 atom stereocenters. The maximum atomic E-state index is 12.6. The molecule has 0 saturated heterocycles. The Kier molecular flexibility index (Phi) is 4.46. The fraction of sp³-hybridized carbons (Fsp3) is 0.500. The summed E-state index contributed by atoms with van der Waals surface area (Å²) in [4.78, 5) is 14.4. The van der Waals surface area contributed by atoms with E-state index in [-0.39, 0.29) is 5.91 Å². The van der Waals surface area contributed by atoms with Crippen LogP contribution >= 0.6 is 0 Å². The molecule has 5 heteroatoms. The summed E-state index contributed by atoms with van der Waals surface area (Å²) in [6.45, 7) is 4.68. The molecule has 2 aromatic rings. The van der Waals surface area contributed by atoms with Crippen molar-refractivity contribution in [2.75, 3.05) is 7.05 Å². The lowest BCUT2D eigenvalue weighted by molar-refractivity contribution is -0.131. The van der Waals surface area contributed by atoms with E-state index in [9.17, 15) is 4.79 Å². The van der Waals surface area contributed by atoms with Gasteiger partial charge in [-0.05, 0) is 43.7 Å². The van der Waals surface area contributed by atoms with E-state index in [2.05, 4.69) is 48.3 Å². The molecule has 1 aromatic carbocycles. The van der Waals surface area contributed by atoms with Crippen molar-refractivity contribution in [2.24, 2.45) is 0 Å². The summed E-state index contributed by atoms with van der Waals surface area (Å²) in [6, 6.07) is 8.78. The summed E-state index contributed by atoms with van der Waals surface area (Å²) in [5.41, 5.74) is 2.74. The van der Waals surface area contributed by atoms with Crippen molar-refractivity contribution in [3.63, 3.8) is 0 Å². The maximum Gasteiger partial charge on any atom is 0.223 e. The molecule has 1 aliphatic rings. The van der Waals surface area contributed by atoms with Crippen LogP contribution < -0.4 is 0 Å². The van der Waals surface area contributed by atoms with Gasteiger partial charge in [0, 0.05) is 19.5 Å². The second kappa shape index (κ2) is 6.52. The van der Waals surface area contributed by atoms with E-state index >= 15 is 0 Å². The van der Waals surface area contributed by atoms with Gasteiger partial charge in [0.05, 0.1) is 6.54 Å². The molecule has 0 aliphatic heterocycles. The van der Waals surface area contributed by atoms with Crippen LogP contribution in [0.1, 0.15) is 55.6 Å². The van der Waals surface area contributed by atoms with Gasteiger partial charge in [-0.2, -0.15) is 0 Å². The quantitative estimate of drug-likeness (QED) is 0.853. The largest absolute Gasteiger partial charge is 0.338 e.